The summed E-state index contributed by atoms with van der Waals surface area (Å²) in [5.74, 6) is 0. The number of para-hydroxylation sites is 1. The number of carbonyl (C=O) groups excluding carboxylic acids is 1. The van der Waals surface area contributed by atoms with Crippen LogP contribution in [0.15, 0.2) is 60.7 Å². The van der Waals surface area contributed by atoms with E-state index in [4.69, 9.17) is 0 Å². The van der Waals surface area contributed by atoms with Gasteiger partial charge in [0.1, 0.15) is 6.29 Å². The number of nitrogens with one attached hydrogen (secondary N) is 1. The van der Waals surface area contributed by atoms with Crippen LogP contribution in [0.1, 0.15) is 12.5 Å². The molecule has 90 valence electrons. The van der Waals surface area contributed by atoms with Gasteiger partial charge in [0, 0.05) is 16.9 Å². The van der Waals surface area contributed by atoms with Gasteiger partial charge in [-0.15, -0.1) is 0 Å². The monoisotopic (exact) mass is 237 g/mol. The summed E-state index contributed by atoms with van der Waals surface area (Å²) in [6, 6.07) is 17.8. The zero-order chi connectivity index (χ0) is 12.8. The molecule has 2 heteroatoms. The summed E-state index contributed by atoms with van der Waals surface area (Å²) in [6.45, 7) is 1.86. The molecule has 0 aliphatic rings. The highest BCUT2D eigenvalue weighted by Crippen LogP contribution is 2.20. The Hall–Kier alpha value is -2.35. The van der Waals surface area contributed by atoms with Crippen LogP contribution in [0.5, 0.6) is 0 Å². The highest BCUT2D eigenvalue weighted by molar-refractivity contribution is 6.07. The number of benzene rings is 2. The van der Waals surface area contributed by atoms with E-state index in [-0.39, 0.29) is 0 Å². The van der Waals surface area contributed by atoms with Crippen molar-refractivity contribution in [3.8, 4) is 0 Å². The van der Waals surface area contributed by atoms with Crippen molar-refractivity contribution in [1.82, 2.24) is 0 Å². The first-order valence-electron chi connectivity index (χ1n) is 5.87. The van der Waals surface area contributed by atoms with E-state index < -0.39 is 0 Å². The molecule has 0 aromatic heterocycles. The molecule has 0 aliphatic carbocycles. The highest BCUT2D eigenvalue weighted by Gasteiger charge is 2.00. The predicted molar refractivity (Wildman–Crippen MR) is 75.9 cm³/mol. The van der Waals surface area contributed by atoms with Crippen molar-refractivity contribution in [1.29, 1.82) is 0 Å². The lowest BCUT2D eigenvalue weighted by Crippen LogP contribution is -1.92. The van der Waals surface area contributed by atoms with Gasteiger partial charge in [-0.05, 0) is 36.8 Å². The first-order chi connectivity index (χ1) is 8.83. The van der Waals surface area contributed by atoms with Gasteiger partial charge >= 0.3 is 0 Å². The van der Waals surface area contributed by atoms with Gasteiger partial charge in [0.15, 0.2) is 0 Å². The van der Waals surface area contributed by atoms with E-state index in [9.17, 15) is 4.79 Å². The average Bonchev–Trinajstić information content (AvgIpc) is 2.42. The summed E-state index contributed by atoms with van der Waals surface area (Å²) in [5.41, 5.74) is 3.63. The van der Waals surface area contributed by atoms with Crippen LogP contribution in [0.4, 0.5) is 11.4 Å². The second-order valence-corrected chi connectivity index (χ2v) is 3.93. The smallest absolute Gasteiger partial charge is 0.150 e. The van der Waals surface area contributed by atoms with Crippen molar-refractivity contribution in [2.75, 3.05) is 5.32 Å². The van der Waals surface area contributed by atoms with E-state index in [1.54, 1.807) is 0 Å². The molecular weight excluding hydrogens is 222 g/mol. The Balaban J connectivity index is 2.25. The Morgan fingerprint density at radius 3 is 2.39 bits per heavy atom. The molecule has 0 saturated carbocycles. The summed E-state index contributed by atoms with van der Waals surface area (Å²) < 4.78 is 0. The normalized spacial score (nSPS) is 11.1. The van der Waals surface area contributed by atoms with Crippen LogP contribution in [0.3, 0.4) is 0 Å². The fourth-order valence-corrected chi connectivity index (χ4v) is 1.77. The fraction of sp³-hybridized carbons (Fsp3) is 0.0625. The summed E-state index contributed by atoms with van der Waals surface area (Å²) in [5, 5.41) is 3.30. The summed E-state index contributed by atoms with van der Waals surface area (Å²) >= 11 is 0. The van der Waals surface area contributed by atoms with Gasteiger partial charge in [-0.3, -0.25) is 4.79 Å². The van der Waals surface area contributed by atoms with Crippen molar-refractivity contribution in [2.24, 2.45) is 0 Å². The van der Waals surface area contributed by atoms with Crippen molar-refractivity contribution in [3.63, 3.8) is 0 Å². The largest absolute Gasteiger partial charge is 0.356 e. The lowest BCUT2D eigenvalue weighted by atomic mass is 10.1. The Bertz CT molecular complexity index is 558. The molecule has 1 N–H and O–H groups in total. The van der Waals surface area contributed by atoms with Crippen molar-refractivity contribution < 1.29 is 4.79 Å². The topological polar surface area (TPSA) is 29.1 Å². The molecule has 0 aliphatic heterocycles. The number of hydrogen-bond donors (Lipinski definition) is 1. The fourth-order valence-electron chi connectivity index (χ4n) is 1.77. The predicted octanol–water partition coefficient (Wildman–Crippen LogP) is 4.03. The number of allylic oxidation sites excluding steroid dienone is 2. The molecule has 2 rings (SSSR count). The third kappa shape index (κ3) is 2.86. The van der Waals surface area contributed by atoms with Gasteiger partial charge in [0.25, 0.3) is 0 Å². The third-order valence-corrected chi connectivity index (χ3v) is 2.70. The van der Waals surface area contributed by atoms with Crippen LogP contribution in [0.25, 0.3) is 5.57 Å². The molecule has 0 spiro atoms. The minimum atomic E-state index is 0.701. The van der Waals surface area contributed by atoms with Gasteiger partial charge in [0.05, 0.1) is 0 Å². The van der Waals surface area contributed by atoms with Crippen molar-refractivity contribution >= 4 is 23.2 Å². The molecule has 0 atom stereocenters. The highest BCUT2D eigenvalue weighted by atomic mass is 16.1. The Kier molecular flexibility index (Phi) is 3.92. The molecule has 2 aromatic carbocycles. The Morgan fingerprint density at radius 2 is 1.72 bits per heavy atom. The SMILES string of the molecule is C/C=C(/C=O)c1cccc(Nc2ccccc2)c1. The quantitative estimate of drug-likeness (QED) is 0.642. The number of anilines is 2. The molecule has 0 saturated heterocycles. The number of aldehydes is 1. The van der Waals surface area contributed by atoms with Crippen LogP contribution in [0.2, 0.25) is 0 Å². The molecule has 0 amide bonds. The maximum atomic E-state index is 10.9. The average molecular weight is 237 g/mol. The van der Waals surface area contributed by atoms with E-state index in [1.165, 1.54) is 0 Å². The first kappa shape index (κ1) is 12.1. The van der Waals surface area contributed by atoms with E-state index in [1.807, 2.05) is 67.6 Å². The molecule has 2 nitrogen and oxygen atoms in total. The number of rotatable bonds is 4. The minimum Gasteiger partial charge on any atom is -0.356 e. The van der Waals surface area contributed by atoms with E-state index in [0.717, 1.165) is 23.2 Å². The number of carbonyl (C=O) groups is 1. The molecular formula is C16H15NO. The molecule has 0 unspecified atom stereocenters. The van der Waals surface area contributed by atoms with Crippen molar-refractivity contribution in [3.05, 3.63) is 66.2 Å². The Labute approximate surface area is 107 Å². The molecule has 18 heavy (non-hydrogen) atoms. The van der Waals surface area contributed by atoms with Gasteiger partial charge in [-0.25, -0.2) is 0 Å². The van der Waals surface area contributed by atoms with Crippen LogP contribution in [-0.4, -0.2) is 6.29 Å². The lowest BCUT2D eigenvalue weighted by Gasteiger charge is -2.08. The summed E-state index contributed by atoms with van der Waals surface area (Å²) in [7, 11) is 0. The van der Waals surface area contributed by atoms with E-state index >= 15 is 0 Å². The Morgan fingerprint density at radius 1 is 1.00 bits per heavy atom. The molecule has 0 fully saturated rings. The molecule has 0 bridgehead atoms. The van der Waals surface area contributed by atoms with Crippen LogP contribution in [-0.2, 0) is 4.79 Å². The maximum absolute atomic E-state index is 10.9. The third-order valence-electron chi connectivity index (χ3n) is 2.70. The van der Waals surface area contributed by atoms with Crippen LogP contribution in [0, 0.1) is 0 Å². The second-order valence-electron chi connectivity index (χ2n) is 3.93. The second kappa shape index (κ2) is 5.82. The summed E-state index contributed by atoms with van der Waals surface area (Å²) in [4.78, 5) is 10.9. The zero-order valence-corrected chi connectivity index (χ0v) is 10.3. The van der Waals surface area contributed by atoms with E-state index in [2.05, 4.69) is 5.32 Å². The minimum absolute atomic E-state index is 0.701. The van der Waals surface area contributed by atoms with Crippen LogP contribution < -0.4 is 5.32 Å². The lowest BCUT2D eigenvalue weighted by molar-refractivity contribution is -0.103. The van der Waals surface area contributed by atoms with Gasteiger partial charge in [-0.2, -0.15) is 0 Å². The van der Waals surface area contributed by atoms with Gasteiger partial charge < -0.3 is 5.32 Å². The maximum Gasteiger partial charge on any atom is 0.150 e. The van der Waals surface area contributed by atoms with Gasteiger partial charge in [-0.1, -0.05) is 36.4 Å². The van der Waals surface area contributed by atoms with Crippen LogP contribution >= 0.6 is 0 Å². The van der Waals surface area contributed by atoms with Crippen molar-refractivity contribution in [2.45, 2.75) is 6.92 Å². The molecule has 0 radical (unpaired) electrons. The van der Waals surface area contributed by atoms with E-state index in [0.29, 0.717) is 5.57 Å². The van der Waals surface area contributed by atoms with Gasteiger partial charge in [0.2, 0.25) is 0 Å². The zero-order valence-electron chi connectivity index (χ0n) is 10.3. The standard InChI is InChI=1S/C16H15NO/c1-2-13(12-18)14-7-6-10-16(11-14)17-15-8-4-3-5-9-15/h2-12,17H,1H3/b13-2-. The number of hydrogen-bond acceptors (Lipinski definition) is 2. The molecule has 2 aromatic rings. The first-order valence-corrected chi connectivity index (χ1v) is 5.87. The molecule has 0 heterocycles. The summed E-state index contributed by atoms with van der Waals surface area (Å²) in [6.07, 6.45) is 2.69.